The van der Waals surface area contributed by atoms with Crippen LogP contribution in [0.25, 0.3) is 33.1 Å². The van der Waals surface area contributed by atoms with Crippen molar-refractivity contribution in [1.82, 2.24) is 0 Å². The molecule has 0 saturated carbocycles. The van der Waals surface area contributed by atoms with Crippen molar-refractivity contribution in [2.24, 2.45) is 0 Å². The molecule has 2 aliphatic heterocycles. The maximum absolute atomic E-state index is 6.70. The number of benzene rings is 7. The molecule has 0 radical (unpaired) electrons. The molecule has 1 aromatic heterocycles. The Morgan fingerprint density at radius 3 is 2.08 bits per heavy atom. The second kappa shape index (κ2) is 10.4. The lowest BCUT2D eigenvalue weighted by molar-refractivity contribution is 0.471. The molecular formula is C45H32N2O2. The molecule has 0 fully saturated rings. The fraction of sp³-hybridized carbons (Fsp3) is 0.0667. The Kier molecular flexibility index (Phi) is 5.89. The molecule has 4 nitrogen and oxygen atoms in total. The standard InChI is InChI=1S/C45H32N2O2/c1-45(2)34-17-7-8-18-35(34)47-36-19-9-11-22-40(36)48-41-28-27-37(42(45)43(41)47)46(31-25-23-30(24-26-31)29-13-4-3-5-14-29)38-20-12-16-33-32-15-6-10-21-39(32)49-44(33)38/h3-28H,1-2H3. The first kappa shape index (κ1) is 27.8. The Bertz CT molecular complexity index is 2570. The maximum Gasteiger partial charge on any atom is 0.159 e. The van der Waals surface area contributed by atoms with E-state index in [9.17, 15) is 0 Å². The average Bonchev–Trinajstić information content (AvgIpc) is 3.54. The van der Waals surface area contributed by atoms with Gasteiger partial charge in [-0.05, 0) is 71.3 Å². The molecule has 0 spiro atoms. The summed E-state index contributed by atoms with van der Waals surface area (Å²) in [6.45, 7) is 4.67. The Hall–Kier alpha value is -6.26. The van der Waals surface area contributed by atoms with Crippen LogP contribution in [0.3, 0.4) is 0 Å². The fourth-order valence-electron chi connectivity index (χ4n) is 7.97. The third kappa shape index (κ3) is 4.04. The third-order valence-corrected chi connectivity index (χ3v) is 10.2. The number of hydrogen-bond donors (Lipinski definition) is 0. The second-order valence-corrected chi connectivity index (χ2v) is 13.4. The quantitative estimate of drug-likeness (QED) is 0.193. The molecule has 234 valence electrons. The van der Waals surface area contributed by atoms with E-state index in [0.717, 1.165) is 61.9 Å². The molecule has 0 unspecified atom stereocenters. The summed E-state index contributed by atoms with van der Waals surface area (Å²) in [5, 5.41) is 2.20. The minimum Gasteiger partial charge on any atom is -0.454 e. The van der Waals surface area contributed by atoms with Crippen LogP contribution >= 0.6 is 0 Å². The third-order valence-electron chi connectivity index (χ3n) is 10.2. The molecule has 8 aromatic rings. The van der Waals surface area contributed by atoms with Crippen LogP contribution in [0.4, 0.5) is 34.1 Å². The fourth-order valence-corrected chi connectivity index (χ4v) is 7.97. The van der Waals surface area contributed by atoms with Crippen molar-refractivity contribution in [2.75, 3.05) is 9.80 Å². The van der Waals surface area contributed by atoms with Crippen LogP contribution in [-0.4, -0.2) is 0 Å². The predicted octanol–water partition coefficient (Wildman–Crippen LogP) is 12.9. The number of fused-ring (bicyclic) bond motifs is 7. The first-order valence-corrected chi connectivity index (χ1v) is 16.8. The normalized spacial score (nSPS) is 13.8. The number of ether oxygens (including phenoxy) is 1. The number of furan rings is 1. The van der Waals surface area contributed by atoms with Gasteiger partial charge in [0.1, 0.15) is 5.58 Å². The summed E-state index contributed by atoms with van der Waals surface area (Å²) < 4.78 is 13.4. The van der Waals surface area contributed by atoms with Crippen molar-refractivity contribution < 1.29 is 9.15 Å². The molecule has 0 N–H and O–H groups in total. The number of para-hydroxylation sites is 5. The van der Waals surface area contributed by atoms with Crippen LogP contribution < -0.4 is 14.5 Å². The van der Waals surface area contributed by atoms with E-state index in [-0.39, 0.29) is 5.41 Å². The van der Waals surface area contributed by atoms with Crippen LogP contribution in [0.2, 0.25) is 0 Å². The Balaban J connectivity index is 1.27. The lowest BCUT2D eigenvalue weighted by atomic mass is 9.72. The van der Waals surface area contributed by atoms with Crippen LogP contribution in [0.5, 0.6) is 11.5 Å². The van der Waals surface area contributed by atoms with E-state index in [1.807, 2.05) is 18.2 Å². The molecule has 0 saturated heterocycles. The van der Waals surface area contributed by atoms with Crippen molar-refractivity contribution in [2.45, 2.75) is 19.3 Å². The minimum atomic E-state index is -0.368. The first-order chi connectivity index (χ1) is 24.1. The van der Waals surface area contributed by atoms with Crippen molar-refractivity contribution in [3.05, 3.63) is 169 Å². The summed E-state index contributed by atoms with van der Waals surface area (Å²) >= 11 is 0. The molecule has 3 heterocycles. The summed E-state index contributed by atoms with van der Waals surface area (Å²) in [6.07, 6.45) is 0. The van der Waals surface area contributed by atoms with Gasteiger partial charge in [0.05, 0.1) is 28.4 Å². The summed E-state index contributed by atoms with van der Waals surface area (Å²) in [5.41, 5.74) is 12.6. The number of nitrogens with zero attached hydrogens (tertiary/aromatic N) is 2. The maximum atomic E-state index is 6.70. The van der Waals surface area contributed by atoms with Gasteiger partial charge >= 0.3 is 0 Å². The van der Waals surface area contributed by atoms with E-state index >= 15 is 0 Å². The van der Waals surface area contributed by atoms with Crippen LogP contribution in [-0.2, 0) is 5.41 Å². The summed E-state index contributed by atoms with van der Waals surface area (Å²) in [6, 6.07) is 55.6. The highest BCUT2D eigenvalue weighted by atomic mass is 16.5. The minimum absolute atomic E-state index is 0.368. The highest BCUT2D eigenvalue weighted by molar-refractivity contribution is 6.11. The molecule has 0 bridgehead atoms. The molecule has 0 amide bonds. The Morgan fingerprint density at radius 1 is 0.531 bits per heavy atom. The SMILES string of the molecule is CC1(C)c2ccccc2N2c3ccccc3Oc3ccc(N(c4ccc(-c5ccccc5)cc4)c4cccc5c4oc4ccccc45)c1c32. The van der Waals surface area contributed by atoms with Gasteiger partial charge in [0.15, 0.2) is 17.1 Å². The van der Waals surface area contributed by atoms with Gasteiger partial charge in [-0.15, -0.1) is 0 Å². The van der Waals surface area contributed by atoms with Gasteiger partial charge in [0.25, 0.3) is 0 Å². The molecule has 2 aliphatic rings. The van der Waals surface area contributed by atoms with Gasteiger partial charge in [-0.2, -0.15) is 0 Å². The molecule has 10 rings (SSSR count). The predicted molar refractivity (Wildman–Crippen MR) is 201 cm³/mol. The smallest absolute Gasteiger partial charge is 0.159 e. The monoisotopic (exact) mass is 632 g/mol. The highest BCUT2D eigenvalue weighted by Crippen LogP contribution is 2.62. The van der Waals surface area contributed by atoms with Crippen molar-refractivity contribution in [1.29, 1.82) is 0 Å². The lowest BCUT2D eigenvalue weighted by Crippen LogP contribution is -2.34. The van der Waals surface area contributed by atoms with E-state index in [0.29, 0.717) is 0 Å². The summed E-state index contributed by atoms with van der Waals surface area (Å²) in [7, 11) is 0. The number of rotatable bonds is 4. The highest BCUT2D eigenvalue weighted by Gasteiger charge is 2.44. The van der Waals surface area contributed by atoms with Gasteiger partial charge < -0.3 is 19.0 Å². The molecule has 0 aliphatic carbocycles. The second-order valence-electron chi connectivity index (χ2n) is 13.4. The molecule has 49 heavy (non-hydrogen) atoms. The topological polar surface area (TPSA) is 28.9 Å². The van der Waals surface area contributed by atoms with Crippen molar-refractivity contribution in [3.8, 4) is 22.6 Å². The summed E-state index contributed by atoms with van der Waals surface area (Å²) in [4.78, 5) is 4.77. The zero-order chi connectivity index (χ0) is 32.7. The van der Waals surface area contributed by atoms with Gasteiger partial charge in [-0.3, -0.25) is 0 Å². The summed E-state index contributed by atoms with van der Waals surface area (Å²) in [5.74, 6) is 1.70. The van der Waals surface area contributed by atoms with E-state index in [1.165, 1.54) is 27.9 Å². The van der Waals surface area contributed by atoms with E-state index in [1.54, 1.807) is 0 Å². The first-order valence-electron chi connectivity index (χ1n) is 16.8. The molecular weight excluding hydrogens is 601 g/mol. The Labute approximate surface area is 285 Å². The van der Waals surface area contributed by atoms with Crippen LogP contribution in [0.15, 0.2) is 162 Å². The van der Waals surface area contributed by atoms with Crippen molar-refractivity contribution in [3.63, 3.8) is 0 Å². The van der Waals surface area contributed by atoms with E-state index < -0.39 is 0 Å². The molecule has 4 heteroatoms. The van der Waals surface area contributed by atoms with Gasteiger partial charge in [-0.1, -0.05) is 117 Å². The largest absolute Gasteiger partial charge is 0.454 e. The molecule has 0 atom stereocenters. The average molecular weight is 633 g/mol. The van der Waals surface area contributed by atoms with Gasteiger partial charge in [-0.25, -0.2) is 0 Å². The number of hydrogen-bond acceptors (Lipinski definition) is 4. The van der Waals surface area contributed by atoms with Gasteiger partial charge in [0, 0.05) is 27.4 Å². The van der Waals surface area contributed by atoms with Crippen LogP contribution in [0.1, 0.15) is 25.0 Å². The zero-order valence-electron chi connectivity index (χ0n) is 27.2. The number of anilines is 6. The van der Waals surface area contributed by atoms with Crippen molar-refractivity contribution >= 4 is 56.1 Å². The Morgan fingerprint density at radius 2 is 1.22 bits per heavy atom. The van der Waals surface area contributed by atoms with Crippen LogP contribution in [0, 0.1) is 0 Å². The molecule has 7 aromatic carbocycles. The van der Waals surface area contributed by atoms with Gasteiger partial charge in [0.2, 0.25) is 0 Å². The van der Waals surface area contributed by atoms with E-state index in [4.69, 9.17) is 9.15 Å². The lowest BCUT2D eigenvalue weighted by Gasteiger charge is -2.46. The van der Waals surface area contributed by atoms with E-state index in [2.05, 4.69) is 163 Å². The zero-order valence-corrected chi connectivity index (χ0v) is 27.2.